The molecule has 1 fully saturated rings. The van der Waals surface area contributed by atoms with Crippen LogP contribution in [-0.2, 0) is 4.79 Å². The van der Waals surface area contributed by atoms with Crippen LogP contribution in [0.2, 0.25) is 0 Å². The number of nitro benzene ring substituents is 1. The first kappa shape index (κ1) is 15.4. The number of non-ortho nitro benzene ring substituents is 1. The fourth-order valence-corrected chi connectivity index (χ4v) is 2.11. The van der Waals surface area contributed by atoms with Gasteiger partial charge in [-0.3, -0.25) is 14.9 Å². The Morgan fingerprint density at radius 3 is 2.86 bits per heavy atom. The van der Waals surface area contributed by atoms with Crippen molar-refractivity contribution in [2.24, 2.45) is 0 Å². The Balaban J connectivity index is 1.77. The van der Waals surface area contributed by atoms with E-state index in [-0.39, 0.29) is 17.5 Å². The van der Waals surface area contributed by atoms with Crippen LogP contribution in [-0.4, -0.2) is 30.0 Å². The molecule has 2 rings (SSSR count). The molecule has 0 bridgehead atoms. The van der Waals surface area contributed by atoms with Gasteiger partial charge in [-0.1, -0.05) is 12.1 Å². The lowest BCUT2D eigenvalue weighted by Crippen LogP contribution is -2.31. The van der Waals surface area contributed by atoms with E-state index in [1.54, 1.807) is 19.1 Å². The molecule has 0 aliphatic heterocycles. The molecule has 1 aliphatic carbocycles. The summed E-state index contributed by atoms with van der Waals surface area (Å²) in [5, 5.41) is 17.0. The normalized spacial score (nSPS) is 15.5. The number of amides is 1. The highest BCUT2D eigenvalue weighted by atomic mass is 16.6. The predicted octanol–water partition coefficient (Wildman–Crippen LogP) is 1.96. The molecule has 0 radical (unpaired) electrons. The second-order valence-electron chi connectivity index (χ2n) is 5.45. The zero-order valence-corrected chi connectivity index (χ0v) is 12.2. The number of nitrogens with one attached hydrogen (secondary N) is 2. The molecule has 1 aliphatic rings. The minimum atomic E-state index is -0.447. The Morgan fingerprint density at radius 1 is 1.43 bits per heavy atom. The maximum Gasteiger partial charge on any atom is 0.269 e. The van der Waals surface area contributed by atoms with Gasteiger partial charge in [0.25, 0.3) is 5.69 Å². The van der Waals surface area contributed by atoms with E-state index in [1.807, 2.05) is 0 Å². The van der Waals surface area contributed by atoms with Gasteiger partial charge in [0.05, 0.1) is 10.8 Å². The first-order valence-electron chi connectivity index (χ1n) is 7.33. The first-order valence-corrected chi connectivity index (χ1v) is 7.33. The van der Waals surface area contributed by atoms with Crippen LogP contribution >= 0.6 is 0 Å². The summed E-state index contributed by atoms with van der Waals surface area (Å²) in [5.74, 6) is -0.483. The Kier molecular flexibility index (Phi) is 5.27. The summed E-state index contributed by atoms with van der Waals surface area (Å²) in [4.78, 5) is 22.3. The summed E-state index contributed by atoms with van der Waals surface area (Å²) in [6, 6.07) is 6.92. The molecule has 6 nitrogen and oxygen atoms in total. The monoisotopic (exact) mass is 291 g/mol. The standard InChI is InChI=1S/C15H21N3O3/c1-11(12-4-2-5-14(10-12)18(20)21)15(19)17-9-3-8-16-13-6-7-13/h2,4-5,10-11,13,16H,3,6-9H2,1H3,(H,17,19). The van der Waals surface area contributed by atoms with Gasteiger partial charge in [0.15, 0.2) is 0 Å². The van der Waals surface area contributed by atoms with Gasteiger partial charge >= 0.3 is 0 Å². The van der Waals surface area contributed by atoms with Crippen molar-refractivity contribution in [3.63, 3.8) is 0 Å². The summed E-state index contributed by atoms with van der Waals surface area (Å²) >= 11 is 0. The van der Waals surface area contributed by atoms with Crippen LogP contribution in [0.15, 0.2) is 24.3 Å². The van der Waals surface area contributed by atoms with Crippen molar-refractivity contribution in [3.8, 4) is 0 Å². The van der Waals surface area contributed by atoms with Crippen LogP contribution < -0.4 is 10.6 Å². The van der Waals surface area contributed by atoms with Crippen LogP contribution in [0.1, 0.15) is 37.7 Å². The topological polar surface area (TPSA) is 84.3 Å². The molecule has 1 aromatic rings. The molecule has 1 atom stereocenters. The van der Waals surface area contributed by atoms with Crippen LogP contribution in [0.4, 0.5) is 5.69 Å². The third-order valence-electron chi connectivity index (χ3n) is 3.64. The summed E-state index contributed by atoms with van der Waals surface area (Å²) < 4.78 is 0. The first-order chi connectivity index (χ1) is 10.1. The summed E-state index contributed by atoms with van der Waals surface area (Å²) in [7, 11) is 0. The molecular weight excluding hydrogens is 270 g/mol. The van der Waals surface area contributed by atoms with E-state index in [0.29, 0.717) is 18.2 Å². The van der Waals surface area contributed by atoms with E-state index >= 15 is 0 Å². The number of carbonyl (C=O) groups excluding carboxylic acids is 1. The molecule has 2 N–H and O–H groups in total. The second kappa shape index (κ2) is 7.17. The highest BCUT2D eigenvalue weighted by molar-refractivity contribution is 5.83. The van der Waals surface area contributed by atoms with Gasteiger partial charge in [0, 0.05) is 24.7 Å². The summed E-state index contributed by atoms with van der Waals surface area (Å²) in [5.41, 5.74) is 0.679. The highest BCUT2D eigenvalue weighted by Gasteiger charge is 2.20. The summed E-state index contributed by atoms with van der Waals surface area (Å²) in [6.45, 7) is 3.30. The average molecular weight is 291 g/mol. The Morgan fingerprint density at radius 2 is 2.19 bits per heavy atom. The van der Waals surface area contributed by atoms with Gasteiger partial charge in [-0.25, -0.2) is 0 Å². The number of hydrogen-bond acceptors (Lipinski definition) is 4. The molecule has 21 heavy (non-hydrogen) atoms. The molecule has 114 valence electrons. The second-order valence-corrected chi connectivity index (χ2v) is 5.45. The van der Waals surface area contributed by atoms with Crippen molar-refractivity contribution in [1.29, 1.82) is 0 Å². The van der Waals surface area contributed by atoms with Crippen LogP contribution in [0.5, 0.6) is 0 Å². The van der Waals surface area contributed by atoms with Crippen molar-refractivity contribution in [2.45, 2.75) is 38.1 Å². The number of nitro groups is 1. The molecule has 1 aromatic carbocycles. The van der Waals surface area contributed by atoms with Gasteiger partial charge in [-0.05, 0) is 38.3 Å². The SMILES string of the molecule is CC(C(=O)NCCCNC1CC1)c1cccc([N+](=O)[O-])c1. The number of hydrogen-bond donors (Lipinski definition) is 2. The fourth-order valence-electron chi connectivity index (χ4n) is 2.11. The highest BCUT2D eigenvalue weighted by Crippen LogP contribution is 2.21. The third-order valence-corrected chi connectivity index (χ3v) is 3.64. The van der Waals surface area contributed by atoms with Gasteiger partial charge in [-0.15, -0.1) is 0 Å². The average Bonchev–Trinajstić information content (AvgIpc) is 3.30. The smallest absolute Gasteiger partial charge is 0.269 e. The molecule has 1 unspecified atom stereocenters. The fraction of sp³-hybridized carbons (Fsp3) is 0.533. The van der Waals surface area contributed by atoms with Gasteiger partial charge in [-0.2, -0.15) is 0 Å². The number of rotatable bonds is 8. The third kappa shape index (κ3) is 4.82. The van der Waals surface area contributed by atoms with Crippen LogP contribution in [0, 0.1) is 10.1 Å². The van der Waals surface area contributed by atoms with Crippen molar-refractivity contribution in [1.82, 2.24) is 10.6 Å². The molecule has 0 spiro atoms. The van der Waals surface area contributed by atoms with Gasteiger partial charge in [0.1, 0.15) is 0 Å². The maximum atomic E-state index is 12.0. The maximum absolute atomic E-state index is 12.0. The van der Waals surface area contributed by atoms with Gasteiger partial charge in [0.2, 0.25) is 5.91 Å². The van der Waals surface area contributed by atoms with Crippen molar-refractivity contribution in [2.75, 3.05) is 13.1 Å². The molecule has 0 aromatic heterocycles. The number of benzene rings is 1. The molecular formula is C15H21N3O3. The Bertz CT molecular complexity index is 515. The zero-order chi connectivity index (χ0) is 15.2. The lowest BCUT2D eigenvalue weighted by Gasteiger charge is -2.12. The predicted molar refractivity (Wildman–Crippen MR) is 80.2 cm³/mol. The largest absolute Gasteiger partial charge is 0.356 e. The van der Waals surface area contributed by atoms with Crippen molar-refractivity contribution in [3.05, 3.63) is 39.9 Å². The quantitative estimate of drug-likeness (QED) is 0.435. The van der Waals surface area contributed by atoms with E-state index in [4.69, 9.17) is 0 Å². The van der Waals surface area contributed by atoms with Crippen LogP contribution in [0.25, 0.3) is 0 Å². The minimum absolute atomic E-state index is 0.0146. The van der Waals surface area contributed by atoms with Crippen molar-refractivity contribution >= 4 is 11.6 Å². The lowest BCUT2D eigenvalue weighted by atomic mass is 10.00. The lowest BCUT2D eigenvalue weighted by molar-refractivity contribution is -0.384. The van der Waals surface area contributed by atoms with Crippen molar-refractivity contribution < 1.29 is 9.72 Å². The van der Waals surface area contributed by atoms with E-state index in [2.05, 4.69) is 10.6 Å². The van der Waals surface area contributed by atoms with E-state index in [1.165, 1.54) is 25.0 Å². The Hall–Kier alpha value is -1.95. The zero-order valence-electron chi connectivity index (χ0n) is 12.2. The number of nitrogens with zero attached hydrogens (tertiary/aromatic N) is 1. The van der Waals surface area contributed by atoms with Crippen LogP contribution in [0.3, 0.4) is 0 Å². The van der Waals surface area contributed by atoms with E-state index in [9.17, 15) is 14.9 Å². The molecule has 1 saturated carbocycles. The van der Waals surface area contributed by atoms with Gasteiger partial charge < -0.3 is 10.6 Å². The molecule has 0 heterocycles. The minimum Gasteiger partial charge on any atom is -0.356 e. The number of carbonyl (C=O) groups is 1. The Labute approximate surface area is 124 Å². The summed E-state index contributed by atoms with van der Waals surface area (Å²) in [6.07, 6.45) is 3.41. The van der Waals surface area contributed by atoms with E-state index < -0.39 is 4.92 Å². The molecule has 0 saturated heterocycles. The molecule has 1 amide bonds. The van der Waals surface area contributed by atoms with E-state index in [0.717, 1.165) is 13.0 Å². The molecule has 6 heteroatoms.